The zero-order chi connectivity index (χ0) is 14.8. The largest absolute Gasteiger partial charge is 0.391 e. The highest BCUT2D eigenvalue weighted by Crippen LogP contribution is 2.43. The molecule has 1 aliphatic carbocycles. The van der Waals surface area contributed by atoms with E-state index in [1.807, 2.05) is 20.2 Å². The maximum absolute atomic E-state index is 12.7. The van der Waals surface area contributed by atoms with Gasteiger partial charge in [0.15, 0.2) is 0 Å². The molecule has 1 saturated carbocycles. The quantitative estimate of drug-likeness (QED) is 0.907. The third kappa shape index (κ3) is 3.51. The summed E-state index contributed by atoms with van der Waals surface area (Å²) in [5.74, 6) is -0.867. The van der Waals surface area contributed by atoms with Crippen molar-refractivity contribution in [2.75, 3.05) is 7.05 Å². The van der Waals surface area contributed by atoms with E-state index in [2.05, 4.69) is 16.4 Å². The molecular formula is C15H21F3N2. The van der Waals surface area contributed by atoms with Gasteiger partial charge in [-0.3, -0.25) is 4.98 Å². The van der Waals surface area contributed by atoms with Gasteiger partial charge in [-0.1, -0.05) is 6.07 Å². The standard InChI is InChI=1S/C15H21F3N2/c1-10-7-12(9-20-8-10)14(19-2)11-3-5-13(6-4-11)15(16,17)18/h7-9,11,13-14,19H,3-6H2,1-2H3. The van der Waals surface area contributed by atoms with E-state index in [1.54, 1.807) is 6.20 Å². The van der Waals surface area contributed by atoms with E-state index in [0.29, 0.717) is 12.8 Å². The molecule has 0 bridgehead atoms. The summed E-state index contributed by atoms with van der Waals surface area (Å²) in [6.07, 6.45) is 1.27. The molecule has 2 rings (SSSR count). The first-order chi connectivity index (χ1) is 9.41. The van der Waals surface area contributed by atoms with E-state index in [1.165, 1.54) is 0 Å². The number of aromatic nitrogens is 1. The Morgan fingerprint density at radius 2 is 1.85 bits per heavy atom. The molecule has 1 unspecified atom stereocenters. The second-order valence-electron chi connectivity index (χ2n) is 5.72. The molecule has 0 spiro atoms. The van der Waals surface area contributed by atoms with Crippen molar-refractivity contribution in [1.82, 2.24) is 10.3 Å². The summed E-state index contributed by atoms with van der Waals surface area (Å²) >= 11 is 0. The Labute approximate surface area is 117 Å². The second-order valence-corrected chi connectivity index (χ2v) is 5.72. The Balaban J connectivity index is 2.04. The van der Waals surface area contributed by atoms with Crippen molar-refractivity contribution < 1.29 is 13.2 Å². The van der Waals surface area contributed by atoms with Crippen LogP contribution < -0.4 is 5.32 Å². The van der Waals surface area contributed by atoms with E-state index in [4.69, 9.17) is 0 Å². The van der Waals surface area contributed by atoms with Gasteiger partial charge in [0.2, 0.25) is 0 Å². The average Bonchev–Trinajstić information content (AvgIpc) is 2.39. The van der Waals surface area contributed by atoms with Crippen molar-refractivity contribution in [3.8, 4) is 0 Å². The van der Waals surface area contributed by atoms with Crippen LogP contribution in [0.1, 0.15) is 42.9 Å². The van der Waals surface area contributed by atoms with Gasteiger partial charge in [0.1, 0.15) is 0 Å². The molecule has 1 aromatic heterocycles. The van der Waals surface area contributed by atoms with E-state index < -0.39 is 12.1 Å². The van der Waals surface area contributed by atoms with Crippen LogP contribution in [0.3, 0.4) is 0 Å². The van der Waals surface area contributed by atoms with Crippen LogP contribution in [0.15, 0.2) is 18.5 Å². The normalized spacial score (nSPS) is 25.4. The molecule has 0 aliphatic heterocycles. The zero-order valence-corrected chi connectivity index (χ0v) is 11.9. The van der Waals surface area contributed by atoms with Gasteiger partial charge in [-0.2, -0.15) is 13.2 Å². The molecule has 0 saturated heterocycles. The summed E-state index contributed by atoms with van der Waals surface area (Å²) in [6.45, 7) is 1.98. The molecule has 1 aromatic rings. The summed E-state index contributed by atoms with van der Waals surface area (Å²) in [6, 6.07) is 2.15. The van der Waals surface area contributed by atoms with Crippen LogP contribution in [0.25, 0.3) is 0 Å². The fourth-order valence-corrected chi connectivity index (χ4v) is 3.20. The summed E-state index contributed by atoms with van der Waals surface area (Å²) in [5, 5.41) is 3.25. The van der Waals surface area contributed by atoms with Crippen LogP contribution in [0.5, 0.6) is 0 Å². The Kier molecular flexibility index (Phi) is 4.68. The minimum atomic E-state index is -4.04. The van der Waals surface area contributed by atoms with E-state index in [9.17, 15) is 13.2 Å². The minimum absolute atomic E-state index is 0.0941. The second kappa shape index (κ2) is 6.12. The number of halogens is 3. The molecule has 5 heteroatoms. The fourth-order valence-electron chi connectivity index (χ4n) is 3.20. The lowest BCUT2D eigenvalue weighted by Crippen LogP contribution is -2.33. The maximum atomic E-state index is 12.7. The summed E-state index contributed by atoms with van der Waals surface area (Å²) in [4.78, 5) is 4.18. The molecule has 1 fully saturated rings. The maximum Gasteiger partial charge on any atom is 0.391 e. The van der Waals surface area contributed by atoms with Gasteiger partial charge in [0, 0.05) is 18.4 Å². The highest BCUT2D eigenvalue weighted by molar-refractivity contribution is 5.21. The summed E-state index contributed by atoms with van der Waals surface area (Å²) < 4.78 is 38.1. The first-order valence-corrected chi connectivity index (χ1v) is 7.07. The van der Waals surface area contributed by atoms with Crippen LogP contribution in [0.4, 0.5) is 13.2 Å². The molecule has 1 atom stereocenters. The molecule has 0 radical (unpaired) electrons. The SMILES string of the molecule is CNC(c1cncc(C)c1)C1CCC(C(F)(F)F)CC1. The van der Waals surface area contributed by atoms with Crippen molar-refractivity contribution in [2.24, 2.45) is 11.8 Å². The highest BCUT2D eigenvalue weighted by Gasteiger charge is 2.42. The topological polar surface area (TPSA) is 24.9 Å². The molecule has 0 amide bonds. The van der Waals surface area contributed by atoms with Crippen molar-refractivity contribution in [1.29, 1.82) is 0 Å². The van der Waals surface area contributed by atoms with Crippen molar-refractivity contribution >= 4 is 0 Å². The van der Waals surface area contributed by atoms with Crippen LogP contribution in [0, 0.1) is 18.8 Å². The zero-order valence-electron chi connectivity index (χ0n) is 11.9. The summed E-state index contributed by atoms with van der Waals surface area (Å²) in [7, 11) is 1.86. The monoisotopic (exact) mass is 286 g/mol. The molecule has 112 valence electrons. The predicted molar refractivity (Wildman–Crippen MR) is 72.3 cm³/mol. The van der Waals surface area contributed by atoms with Crippen LogP contribution >= 0.6 is 0 Å². The number of rotatable bonds is 3. The number of nitrogens with zero attached hydrogens (tertiary/aromatic N) is 1. The Morgan fingerprint density at radius 3 is 2.35 bits per heavy atom. The molecule has 1 heterocycles. The molecular weight excluding hydrogens is 265 g/mol. The Morgan fingerprint density at radius 1 is 1.20 bits per heavy atom. The smallest absolute Gasteiger partial charge is 0.313 e. The van der Waals surface area contributed by atoms with Gasteiger partial charge in [-0.15, -0.1) is 0 Å². The van der Waals surface area contributed by atoms with E-state index in [-0.39, 0.29) is 24.8 Å². The van der Waals surface area contributed by atoms with Gasteiger partial charge in [0.25, 0.3) is 0 Å². The Bertz CT molecular complexity index is 437. The van der Waals surface area contributed by atoms with Crippen molar-refractivity contribution in [3.63, 3.8) is 0 Å². The average molecular weight is 286 g/mol. The molecule has 0 aromatic carbocycles. The van der Waals surface area contributed by atoms with Gasteiger partial charge in [-0.25, -0.2) is 0 Å². The van der Waals surface area contributed by atoms with Crippen molar-refractivity contribution in [2.45, 2.75) is 44.8 Å². The van der Waals surface area contributed by atoms with E-state index >= 15 is 0 Å². The van der Waals surface area contributed by atoms with Gasteiger partial charge >= 0.3 is 6.18 Å². The number of alkyl halides is 3. The van der Waals surface area contributed by atoms with Crippen LogP contribution in [-0.4, -0.2) is 18.2 Å². The third-order valence-electron chi connectivity index (χ3n) is 4.27. The Hall–Kier alpha value is -1.10. The molecule has 2 nitrogen and oxygen atoms in total. The molecule has 1 N–H and O–H groups in total. The fraction of sp³-hybridized carbons (Fsp3) is 0.667. The predicted octanol–water partition coefficient (Wildman–Crippen LogP) is 4.02. The minimum Gasteiger partial charge on any atom is -0.313 e. The summed E-state index contributed by atoms with van der Waals surface area (Å²) in [5.41, 5.74) is 2.15. The van der Waals surface area contributed by atoms with Crippen molar-refractivity contribution in [3.05, 3.63) is 29.6 Å². The van der Waals surface area contributed by atoms with Gasteiger partial charge < -0.3 is 5.32 Å². The number of nitrogens with one attached hydrogen (secondary N) is 1. The highest BCUT2D eigenvalue weighted by atomic mass is 19.4. The van der Waals surface area contributed by atoms with E-state index in [0.717, 1.165) is 11.1 Å². The number of aryl methyl sites for hydroxylation is 1. The number of hydrogen-bond donors (Lipinski definition) is 1. The van der Waals surface area contributed by atoms with Crippen LogP contribution in [0.2, 0.25) is 0 Å². The lowest BCUT2D eigenvalue weighted by atomic mass is 9.76. The molecule has 1 aliphatic rings. The number of hydrogen-bond acceptors (Lipinski definition) is 2. The lowest BCUT2D eigenvalue weighted by Gasteiger charge is -2.34. The lowest BCUT2D eigenvalue weighted by molar-refractivity contribution is -0.184. The first kappa shape index (κ1) is 15.3. The van der Waals surface area contributed by atoms with Crippen LogP contribution in [-0.2, 0) is 0 Å². The molecule has 20 heavy (non-hydrogen) atoms. The van der Waals surface area contributed by atoms with Gasteiger partial charge in [-0.05, 0) is 56.7 Å². The first-order valence-electron chi connectivity index (χ1n) is 7.07. The third-order valence-corrected chi connectivity index (χ3v) is 4.27. The van der Waals surface area contributed by atoms with Gasteiger partial charge in [0.05, 0.1) is 5.92 Å². The number of pyridine rings is 1.